The predicted molar refractivity (Wildman–Crippen MR) is 90.2 cm³/mol. The van der Waals surface area contributed by atoms with E-state index >= 15 is 0 Å². The van der Waals surface area contributed by atoms with Crippen LogP contribution in [-0.2, 0) is 9.53 Å². The van der Waals surface area contributed by atoms with Crippen LogP contribution in [0.3, 0.4) is 0 Å². The number of aliphatic imine (C=N–C) groups is 1. The summed E-state index contributed by atoms with van der Waals surface area (Å²) in [5.41, 5.74) is 1.01. The standard InChI is InChI=1S/C16H8Cl2N2O4/c17-12-3-1-2-11(14(12)18)15-19-13(16(21)24-15)8-9-4-6-10(7-5-9)20(22)23/h1-8H/b13-8-. The quantitative estimate of drug-likeness (QED) is 0.353. The van der Waals surface area contributed by atoms with Gasteiger partial charge in [0.15, 0.2) is 5.70 Å². The van der Waals surface area contributed by atoms with E-state index in [4.69, 9.17) is 27.9 Å². The van der Waals surface area contributed by atoms with Crippen LogP contribution in [0.1, 0.15) is 11.1 Å². The maximum Gasteiger partial charge on any atom is 0.363 e. The minimum absolute atomic E-state index is 0.0407. The van der Waals surface area contributed by atoms with Crippen LogP contribution in [-0.4, -0.2) is 16.8 Å². The van der Waals surface area contributed by atoms with Gasteiger partial charge in [0.25, 0.3) is 5.69 Å². The third kappa shape index (κ3) is 3.15. The monoisotopic (exact) mass is 362 g/mol. The van der Waals surface area contributed by atoms with Crippen LogP contribution in [0, 0.1) is 10.1 Å². The number of rotatable bonds is 3. The summed E-state index contributed by atoms with van der Waals surface area (Å²) in [7, 11) is 0. The molecule has 0 spiro atoms. The molecule has 2 aromatic carbocycles. The number of ether oxygens (including phenoxy) is 1. The molecule has 0 atom stereocenters. The second kappa shape index (κ2) is 6.43. The first-order valence-electron chi connectivity index (χ1n) is 6.67. The van der Waals surface area contributed by atoms with Crippen LogP contribution >= 0.6 is 23.2 Å². The van der Waals surface area contributed by atoms with E-state index in [2.05, 4.69) is 4.99 Å². The van der Waals surface area contributed by atoms with Crippen LogP contribution in [0.15, 0.2) is 53.2 Å². The van der Waals surface area contributed by atoms with Crippen LogP contribution < -0.4 is 0 Å². The largest absolute Gasteiger partial charge is 0.402 e. The van der Waals surface area contributed by atoms with Crippen molar-refractivity contribution in [3.8, 4) is 0 Å². The van der Waals surface area contributed by atoms with Gasteiger partial charge in [0.05, 0.1) is 20.5 Å². The van der Waals surface area contributed by atoms with Crippen LogP contribution in [0.2, 0.25) is 10.0 Å². The molecule has 0 N–H and O–H groups in total. The van der Waals surface area contributed by atoms with Crippen molar-refractivity contribution >= 4 is 46.8 Å². The molecule has 0 bridgehead atoms. The Bertz CT molecular complexity index is 905. The molecule has 0 radical (unpaired) electrons. The molecule has 6 nitrogen and oxygen atoms in total. The van der Waals surface area contributed by atoms with Crippen molar-refractivity contribution in [1.29, 1.82) is 0 Å². The number of nitro groups is 1. The van der Waals surface area contributed by atoms with Gasteiger partial charge in [-0.05, 0) is 35.9 Å². The highest BCUT2D eigenvalue weighted by Gasteiger charge is 2.26. The number of hydrogen-bond donors (Lipinski definition) is 0. The minimum atomic E-state index is -0.639. The molecule has 0 amide bonds. The average Bonchev–Trinajstić information content (AvgIpc) is 2.91. The Morgan fingerprint density at radius 2 is 1.83 bits per heavy atom. The molecular formula is C16H8Cl2N2O4. The SMILES string of the molecule is O=C1OC(c2cccc(Cl)c2Cl)=N/C1=C\c1ccc([N+](=O)[O-])cc1. The molecule has 1 aliphatic rings. The fraction of sp³-hybridized carbons (Fsp3) is 0. The highest BCUT2D eigenvalue weighted by atomic mass is 35.5. The summed E-state index contributed by atoms with van der Waals surface area (Å²) in [6.07, 6.45) is 1.47. The predicted octanol–water partition coefficient (Wildman–Crippen LogP) is 4.25. The van der Waals surface area contributed by atoms with E-state index in [0.717, 1.165) is 0 Å². The number of nitrogens with zero attached hydrogens (tertiary/aromatic N) is 2. The van der Waals surface area contributed by atoms with E-state index in [9.17, 15) is 14.9 Å². The molecule has 0 aromatic heterocycles. The molecule has 0 saturated heterocycles. The number of carbonyl (C=O) groups is 1. The third-order valence-electron chi connectivity index (χ3n) is 3.21. The summed E-state index contributed by atoms with van der Waals surface area (Å²) in [5, 5.41) is 11.2. The molecule has 120 valence electrons. The molecular weight excluding hydrogens is 355 g/mol. The van der Waals surface area contributed by atoms with Crippen molar-refractivity contribution in [1.82, 2.24) is 0 Å². The number of cyclic esters (lactones) is 1. The highest BCUT2D eigenvalue weighted by molar-refractivity contribution is 6.44. The summed E-state index contributed by atoms with van der Waals surface area (Å²) in [6.45, 7) is 0. The molecule has 8 heteroatoms. The fourth-order valence-corrected chi connectivity index (χ4v) is 2.42. The van der Waals surface area contributed by atoms with Crippen molar-refractivity contribution in [2.45, 2.75) is 0 Å². The van der Waals surface area contributed by atoms with Gasteiger partial charge in [0.1, 0.15) is 0 Å². The molecule has 24 heavy (non-hydrogen) atoms. The lowest BCUT2D eigenvalue weighted by molar-refractivity contribution is -0.384. The van der Waals surface area contributed by atoms with E-state index in [0.29, 0.717) is 16.1 Å². The molecule has 0 unspecified atom stereocenters. The Kier molecular flexibility index (Phi) is 4.33. The number of halogens is 2. The minimum Gasteiger partial charge on any atom is -0.402 e. The lowest BCUT2D eigenvalue weighted by Crippen LogP contribution is -2.06. The lowest BCUT2D eigenvalue weighted by atomic mass is 10.2. The summed E-state index contributed by atoms with van der Waals surface area (Å²) in [4.78, 5) is 26.2. The zero-order valence-corrected chi connectivity index (χ0v) is 13.4. The highest BCUT2D eigenvalue weighted by Crippen LogP contribution is 2.29. The third-order valence-corrected chi connectivity index (χ3v) is 4.03. The Morgan fingerprint density at radius 1 is 1.12 bits per heavy atom. The Balaban J connectivity index is 1.94. The van der Waals surface area contributed by atoms with Crippen molar-refractivity contribution in [2.24, 2.45) is 4.99 Å². The van der Waals surface area contributed by atoms with Gasteiger partial charge >= 0.3 is 5.97 Å². The molecule has 1 aliphatic heterocycles. The van der Waals surface area contributed by atoms with Crippen LogP contribution in [0.4, 0.5) is 5.69 Å². The second-order valence-corrected chi connectivity index (χ2v) is 5.57. The number of esters is 1. The summed E-state index contributed by atoms with van der Waals surface area (Å²) < 4.78 is 5.12. The Labute approximate surface area is 146 Å². The molecule has 0 fully saturated rings. The second-order valence-electron chi connectivity index (χ2n) is 4.79. The van der Waals surface area contributed by atoms with Gasteiger partial charge < -0.3 is 4.74 Å². The maximum absolute atomic E-state index is 11.9. The first-order valence-corrected chi connectivity index (χ1v) is 7.42. The van der Waals surface area contributed by atoms with Gasteiger partial charge in [0.2, 0.25) is 5.90 Å². The van der Waals surface area contributed by atoms with Crippen molar-refractivity contribution < 1.29 is 14.5 Å². The smallest absolute Gasteiger partial charge is 0.363 e. The average molecular weight is 363 g/mol. The van der Waals surface area contributed by atoms with E-state index in [-0.39, 0.29) is 22.3 Å². The van der Waals surface area contributed by atoms with E-state index in [1.165, 1.54) is 30.3 Å². The number of nitro benzene ring substituents is 1. The van der Waals surface area contributed by atoms with E-state index < -0.39 is 10.9 Å². The van der Waals surface area contributed by atoms with Crippen molar-refractivity contribution in [2.75, 3.05) is 0 Å². The summed E-state index contributed by atoms with van der Waals surface area (Å²) in [6, 6.07) is 10.6. The molecule has 0 aliphatic carbocycles. The number of benzene rings is 2. The van der Waals surface area contributed by atoms with Gasteiger partial charge in [0, 0.05) is 12.1 Å². The first kappa shape index (κ1) is 16.2. The van der Waals surface area contributed by atoms with E-state index in [1.54, 1.807) is 18.2 Å². The Hall–Kier alpha value is -2.70. The van der Waals surface area contributed by atoms with Gasteiger partial charge in [-0.25, -0.2) is 9.79 Å². The molecule has 0 saturated carbocycles. The van der Waals surface area contributed by atoms with Crippen molar-refractivity contribution in [3.63, 3.8) is 0 Å². The van der Waals surface area contributed by atoms with E-state index in [1.807, 2.05) is 0 Å². The zero-order chi connectivity index (χ0) is 17.3. The van der Waals surface area contributed by atoms with Gasteiger partial charge in [-0.3, -0.25) is 10.1 Å². The summed E-state index contributed by atoms with van der Waals surface area (Å²) >= 11 is 12.0. The van der Waals surface area contributed by atoms with Crippen LogP contribution in [0.25, 0.3) is 6.08 Å². The van der Waals surface area contributed by atoms with Gasteiger partial charge in [-0.15, -0.1) is 0 Å². The summed E-state index contributed by atoms with van der Waals surface area (Å²) in [5.74, 6) is -0.583. The molecule has 2 aromatic rings. The topological polar surface area (TPSA) is 81.8 Å². The molecule has 3 rings (SSSR count). The normalized spacial score (nSPS) is 15.3. The Morgan fingerprint density at radius 3 is 2.50 bits per heavy atom. The number of carbonyl (C=O) groups excluding carboxylic acids is 1. The maximum atomic E-state index is 11.9. The lowest BCUT2D eigenvalue weighted by Gasteiger charge is -2.03. The van der Waals surface area contributed by atoms with Crippen LogP contribution in [0.5, 0.6) is 0 Å². The fourth-order valence-electron chi connectivity index (χ4n) is 2.04. The first-order chi connectivity index (χ1) is 11.5. The van der Waals surface area contributed by atoms with Crippen molar-refractivity contribution in [3.05, 3.63) is 79.4 Å². The zero-order valence-electron chi connectivity index (χ0n) is 11.9. The number of hydrogen-bond acceptors (Lipinski definition) is 5. The number of non-ortho nitro benzene ring substituents is 1. The van der Waals surface area contributed by atoms with Gasteiger partial charge in [-0.1, -0.05) is 29.3 Å². The van der Waals surface area contributed by atoms with Gasteiger partial charge in [-0.2, -0.15) is 0 Å². The molecule has 1 heterocycles.